The van der Waals surface area contributed by atoms with Crippen molar-refractivity contribution in [3.63, 3.8) is 0 Å². The molecule has 0 radical (unpaired) electrons. The monoisotopic (exact) mass is 630 g/mol. The molecule has 0 amide bonds. The smallest absolute Gasteiger partial charge is 0.143 e. The average Bonchev–Trinajstić information content (AvgIpc) is 3.65. The Morgan fingerprint density at radius 1 is 0.367 bits per heavy atom. The Balaban J connectivity index is 1.36. The van der Waals surface area contributed by atoms with E-state index in [4.69, 9.17) is 9.90 Å². The zero-order chi connectivity index (χ0) is 39.3. The van der Waals surface area contributed by atoms with Crippen molar-refractivity contribution < 1.29 is 15.4 Å². The van der Waals surface area contributed by atoms with Crippen LogP contribution in [-0.4, -0.2) is 0 Å². The summed E-state index contributed by atoms with van der Waals surface area (Å²) in [6.07, 6.45) is 0. The van der Waals surface area contributed by atoms with Gasteiger partial charge in [-0.25, -0.2) is 0 Å². The van der Waals surface area contributed by atoms with Gasteiger partial charge in [0.25, 0.3) is 0 Å². The highest BCUT2D eigenvalue weighted by atomic mass is 16.3. The van der Waals surface area contributed by atoms with Crippen LogP contribution in [0.15, 0.2) is 186 Å². The number of furan rings is 1. The summed E-state index contributed by atoms with van der Waals surface area (Å²) in [6.45, 7) is 0. The van der Waals surface area contributed by atoms with Gasteiger partial charge >= 0.3 is 0 Å². The largest absolute Gasteiger partial charge is 0.455 e. The number of para-hydroxylation sites is 1. The summed E-state index contributed by atoms with van der Waals surface area (Å²) >= 11 is 0. The summed E-state index contributed by atoms with van der Waals surface area (Å²) in [5, 5.41) is 4.25. The topological polar surface area (TPSA) is 13.1 Å². The van der Waals surface area contributed by atoms with Crippen LogP contribution in [0.25, 0.3) is 98.8 Å². The average molecular weight is 631 g/mol. The zero-order valence-corrected chi connectivity index (χ0v) is 26.1. The lowest BCUT2D eigenvalue weighted by atomic mass is 9.84. The highest BCUT2D eigenvalue weighted by Crippen LogP contribution is 2.48. The molecule has 0 spiro atoms. The quantitative estimate of drug-likeness (QED) is 0.176. The van der Waals surface area contributed by atoms with Crippen LogP contribution in [0.3, 0.4) is 0 Å². The fraction of sp³-hybridized carbons (Fsp3) is 0. The van der Waals surface area contributed by atoms with E-state index in [1.165, 1.54) is 0 Å². The molecule has 0 fully saturated rings. The highest BCUT2D eigenvalue weighted by molar-refractivity contribution is 6.26. The summed E-state index contributed by atoms with van der Waals surface area (Å²) < 4.78 is 79.9. The summed E-state index contributed by atoms with van der Waals surface area (Å²) in [4.78, 5) is 0. The first-order valence-corrected chi connectivity index (χ1v) is 16.2. The molecule has 0 N–H and O–H groups in total. The van der Waals surface area contributed by atoms with Crippen LogP contribution in [0, 0.1) is 0 Å². The second kappa shape index (κ2) is 11.1. The molecule has 0 aliphatic heterocycles. The Morgan fingerprint density at radius 2 is 0.898 bits per heavy atom. The number of rotatable bonds is 4. The van der Waals surface area contributed by atoms with Crippen LogP contribution in [0.4, 0.5) is 0 Å². The molecule has 0 aliphatic carbocycles. The molecule has 228 valence electrons. The van der Waals surface area contributed by atoms with Crippen LogP contribution in [0.5, 0.6) is 0 Å². The van der Waals surface area contributed by atoms with E-state index in [0.29, 0.717) is 33.2 Å². The molecule has 10 aromatic rings. The molecule has 9 aromatic carbocycles. The Bertz CT molecular complexity index is 3230. The van der Waals surface area contributed by atoms with Gasteiger partial charge < -0.3 is 4.42 Å². The Hall–Kier alpha value is -6.44. The predicted octanol–water partition coefficient (Wildman–Crippen LogP) is 13.7. The second-order valence-electron chi connectivity index (χ2n) is 12.2. The maximum absolute atomic E-state index is 9.47. The normalized spacial score (nSPS) is 14.0. The second-order valence-corrected chi connectivity index (χ2v) is 12.2. The van der Waals surface area contributed by atoms with E-state index in [-0.39, 0.29) is 51.3 Å². The van der Waals surface area contributed by atoms with Gasteiger partial charge in [0, 0.05) is 16.3 Å². The SMILES string of the molecule is [2H]c1c([2H])c([2H])c2c(-c3cccc4oc5c(-c6ccccc6)cccc5c34)c3c([2H])c([2H])c([2H])c([2H])c3c(-c3ccc(-c4cccc5ccccc45)cc3)c2c1[2H]. The number of fused-ring (bicyclic) bond motifs is 6. The van der Waals surface area contributed by atoms with E-state index in [9.17, 15) is 5.48 Å². The fourth-order valence-electron chi connectivity index (χ4n) is 7.38. The van der Waals surface area contributed by atoms with Gasteiger partial charge in [-0.05, 0) is 77.3 Å². The third kappa shape index (κ3) is 4.33. The first kappa shape index (κ1) is 20.7. The predicted molar refractivity (Wildman–Crippen MR) is 208 cm³/mol. The van der Waals surface area contributed by atoms with E-state index in [1.807, 2.05) is 109 Å². The molecule has 0 saturated heterocycles. The lowest BCUT2D eigenvalue weighted by Crippen LogP contribution is -1.91. The Morgan fingerprint density at radius 3 is 1.65 bits per heavy atom. The van der Waals surface area contributed by atoms with Gasteiger partial charge in [-0.2, -0.15) is 0 Å². The molecular weight excluding hydrogens is 593 g/mol. The minimum Gasteiger partial charge on any atom is -0.455 e. The van der Waals surface area contributed by atoms with Crippen LogP contribution >= 0.6 is 0 Å². The van der Waals surface area contributed by atoms with Crippen molar-refractivity contribution in [3.8, 4) is 44.5 Å². The van der Waals surface area contributed by atoms with Gasteiger partial charge in [0.2, 0.25) is 0 Å². The molecule has 0 bridgehead atoms. The van der Waals surface area contributed by atoms with Crippen molar-refractivity contribution >= 4 is 54.3 Å². The van der Waals surface area contributed by atoms with Gasteiger partial charge in [-0.15, -0.1) is 0 Å². The van der Waals surface area contributed by atoms with Crippen molar-refractivity contribution in [2.24, 2.45) is 0 Å². The first-order valence-electron chi connectivity index (χ1n) is 20.2. The molecule has 1 heteroatoms. The van der Waals surface area contributed by atoms with Crippen LogP contribution < -0.4 is 0 Å². The van der Waals surface area contributed by atoms with Crippen molar-refractivity contribution in [2.75, 3.05) is 0 Å². The third-order valence-corrected chi connectivity index (χ3v) is 9.53. The van der Waals surface area contributed by atoms with Gasteiger partial charge in [-0.3, -0.25) is 0 Å². The van der Waals surface area contributed by atoms with E-state index < -0.39 is 24.2 Å². The molecule has 1 heterocycles. The Labute approximate surface area is 295 Å². The third-order valence-electron chi connectivity index (χ3n) is 9.53. The molecule has 0 saturated carbocycles. The van der Waals surface area contributed by atoms with E-state index in [2.05, 4.69) is 18.2 Å². The van der Waals surface area contributed by atoms with E-state index >= 15 is 0 Å². The zero-order valence-electron chi connectivity index (χ0n) is 34.1. The maximum atomic E-state index is 9.47. The van der Waals surface area contributed by atoms with Gasteiger partial charge in [-0.1, -0.05) is 176 Å². The van der Waals surface area contributed by atoms with Crippen molar-refractivity contribution in [2.45, 2.75) is 0 Å². The van der Waals surface area contributed by atoms with E-state index in [0.717, 1.165) is 38.4 Å². The lowest BCUT2D eigenvalue weighted by molar-refractivity contribution is 0.670. The molecule has 49 heavy (non-hydrogen) atoms. The van der Waals surface area contributed by atoms with Crippen LogP contribution in [0.2, 0.25) is 0 Å². The summed E-state index contributed by atoms with van der Waals surface area (Å²) in [7, 11) is 0. The minimum atomic E-state index is -0.443. The first-order chi connectivity index (χ1) is 27.7. The van der Waals surface area contributed by atoms with Gasteiger partial charge in [0.1, 0.15) is 11.2 Å². The molecule has 10 rings (SSSR count). The highest BCUT2D eigenvalue weighted by Gasteiger charge is 2.21. The molecule has 0 aliphatic rings. The summed E-state index contributed by atoms with van der Waals surface area (Å²) in [5.74, 6) is 0. The molecule has 1 nitrogen and oxygen atoms in total. The number of hydrogen-bond acceptors (Lipinski definition) is 1. The molecule has 0 atom stereocenters. The van der Waals surface area contributed by atoms with Gasteiger partial charge in [0.15, 0.2) is 0 Å². The minimum absolute atomic E-state index is 0.160. The Kier molecular flexibility index (Phi) is 4.69. The van der Waals surface area contributed by atoms with Crippen LogP contribution in [0.1, 0.15) is 11.0 Å². The molecule has 0 unspecified atom stereocenters. The fourth-order valence-corrected chi connectivity index (χ4v) is 7.38. The van der Waals surface area contributed by atoms with E-state index in [1.54, 1.807) is 6.07 Å². The number of benzene rings is 9. The van der Waals surface area contributed by atoms with Crippen molar-refractivity contribution in [1.29, 1.82) is 0 Å². The maximum Gasteiger partial charge on any atom is 0.143 e. The molecular formula is C48H30O. The van der Waals surface area contributed by atoms with Crippen molar-refractivity contribution in [3.05, 3.63) is 182 Å². The standard InChI is InChI=1S/C48H30O/c1-2-13-32(14-3-1)37-23-11-25-43-47-42(24-12-26-44(47)49-48(37)43)46-40-20-8-6-18-38(40)45(39-19-7-9-21-41(39)46)34-29-27-33(28-30-34)36-22-10-16-31-15-4-5-17-35(31)36/h1-30H/i6D,7D,8D,9D,18D,19D,20D,21D. The number of hydrogen-bond donors (Lipinski definition) is 0. The summed E-state index contributed by atoms with van der Waals surface area (Å²) in [6, 6.07) is 40.1. The summed E-state index contributed by atoms with van der Waals surface area (Å²) in [5.41, 5.74) is 6.61. The molecule has 1 aromatic heterocycles. The lowest BCUT2D eigenvalue weighted by Gasteiger charge is -2.18. The van der Waals surface area contributed by atoms with Gasteiger partial charge in [0.05, 0.1) is 11.0 Å². The van der Waals surface area contributed by atoms with Crippen LogP contribution in [-0.2, 0) is 0 Å². The van der Waals surface area contributed by atoms with Crippen molar-refractivity contribution in [1.82, 2.24) is 0 Å².